The Balaban J connectivity index is 1.47. The van der Waals surface area contributed by atoms with Gasteiger partial charge in [-0.1, -0.05) is 12.8 Å². The number of ether oxygens (including phenoxy) is 7. The number of esters is 1. The number of carbonyl (C=O) groups is 2. The fraction of sp³-hybridized carbons (Fsp3) is 0.811. The summed E-state index contributed by atoms with van der Waals surface area (Å²) in [5.74, 6) is -1.39. The summed E-state index contributed by atoms with van der Waals surface area (Å²) >= 11 is 6.58. The first kappa shape index (κ1) is 44.6. The summed E-state index contributed by atoms with van der Waals surface area (Å²) < 4.78 is 69.4. The maximum absolute atomic E-state index is 13.9. The number of anilines is 1. The standard InChI is InChI=1S/C37H59ClN5O12P/c1-12-49-56(46,50-13-2)23(20-47-11)18-25(32(44)54-35(3,4)5)48-21-26-27-28(53-37(9,10)52-27)31(51-26)43-30-24(19-39-43)29(40-33(38)41-30)42(22-16-14-15-17-22)34(45)55-36(6,7)8/h19,22-23,25-28,31H,12-18,20-21H2,1-11H3/t23?,25?,26-,27-,28-,31-/m1/s1. The van der Waals surface area contributed by atoms with Crippen LogP contribution >= 0.6 is 19.2 Å². The molecule has 2 aromatic heterocycles. The van der Waals surface area contributed by atoms with Crippen LogP contribution in [0.2, 0.25) is 5.28 Å². The number of hydrogen-bond donors (Lipinski definition) is 0. The van der Waals surface area contributed by atoms with Gasteiger partial charge in [0.25, 0.3) is 0 Å². The molecule has 2 aromatic rings. The number of nitrogens with zero attached hydrogens (tertiary/aromatic N) is 5. The summed E-state index contributed by atoms with van der Waals surface area (Å²) in [5.41, 5.74) is -2.13. The van der Waals surface area contributed by atoms with Gasteiger partial charge in [0.15, 0.2) is 29.6 Å². The first-order chi connectivity index (χ1) is 26.2. The Morgan fingerprint density at radius 3 is 2.23 bits per heavy atom. The van der Waals surface area contributed by atoms with E-state index in [2.05, 4.69) is 15.1 Å². The van der Waals surface area contributed by atoms with Crippen LogP contribution in [0, 0.1) is 0 Å². The fourth-order valence-electron chi connectivity index (χ4n) is 7.27. The van der Waals surface area contributed by atoms with Gasteiger partial charge >= 0.3 is 19.7 Å². The zero-order valence-electron chi connectivity index (χ0n) is 34.4. The number of rotatable bonds is 16. The van der Waals surface area contributed by atoms with Crippen molar-refractivity contribution in [1.82, 2.24) is 19.7 Å². The first-order valence-corrected chi connectivity index (χ1v) is 21.3. The normalized spacial score (nSPS) is 24.0. The third kappa shape index (κ3) is 10.6. The molecule has 1 amide bonds. The molecular weight excluding hydrogens is 773 g/mol. The van der Waals surface area contributed by atoms with Crippen molar-refractivity contribution < 1.29 is 56.4 Å². The fourth-order valence-corrected chi connectivity index (χ4v) is 9.43. The van der Waals surface area contributed by atoms with Crippen molar-refractivity contribution >= 4 is 48.1 Å². The second-order valence-electron chi connectivity index (χ2n) is 16.6. The molecule has 2 saturated heterocycles. The Kier molecular flexibility index (Phi) is 14.2. The zero-order valence-corrected chi connectivity index (χ0v) is 36.1. The molecule has 2 aliphatic heterocycles. The molecule has 0 aromatic carbocycles. The van der Waals surface area contributed by atoms with Crippen LogP contribution in [0.25, 0.3) is 11.0 Å². The van der Waals surface area contributed by atoms with E-state index in [4.69, 9.17) is 53.8 Å². The van der Waals surface area contributed by atoms with E-state index >= 15 is 0 Å². The molecule has 1 saturated carbocycles. The van der Waals surface area contributed by atoms with Crippen LogP contribution < -0.4 is 4.90 Å². The van der Waals surface area contributed by atoms with Crippen molar-refractivity contribution in [2.24, 2.45) is 0 Å². The summed E-state index contributed by atoms with van der Waals surface area (Å²) in [5, 5.41) is 5.05. The van der Waals surface area contributed by atoms with Gasteiger partial charge in [-0.05, 0) is 93.7 Å². The monoisotopic (exact) mass is 831 g/mol. The molecule has 5 rings (SSSR count). The lowest BCUT2D eigenvalue weighted by atomic mass is 10.1. The molecule has 1 aliphatic carbocycles. The van der Waals surface area contributed by atoms with Crippen LogP contribution in [-0.2, 0) is 51.6 Å². The average Bonchev–Trinajstić information content (AvgIpc) is 3.86. The largest absolute Gasteiger partial charge is 0.458 e. The topological polar surface area (TPSA) is 181 Å². The van der Waals surface area contributed by atoms with Crippen molar-refractivity contribution in [3.63, 3.8) is 0 Å². The summed E-state index contributed by atoms with van der Waals surface area (Å²) in [6, 6.07) is -0.152. The Bertz CT molecular complexity index is 1720. The smallest absolute Gasteiger partial charge is 0.416 e. The van der Waals surface area contributed by atoms with Gasteiger partial charge in [-0.2, -0.15) is 15.1 Å². The molecule has 0 bridgehead atoms. The van der Waals surface area contributed by atoms with Crippen LogP contribution in [0.15, 0.2) is 6.20 Å². The number of fused-ring (bicyclic) bond motifs is 2. The SMILES string of the molecule is CCOP(=O)(OCC)C(COC)CC(OC[C@H]1O[C@@H](n2ncc3c(N(C(=O)OC(C)(C)C)C4CCCC4)nc(Cl)nc32)[C@@H]2OC(C)(C)O[C@@H]21)C(=O)OC(C)(C)C. The van der Waals surface area contributed by atoms with Gasteiger partial charge < -0.3 is 42.2 Å². The number of amides is 1. The second kappa shape index (κ2) is 17.8. The van der Waals surface area contributed by atoms with Crippen LogP contribution in [0.5, 0.6) is 0 Å². The number of aromatic nitrogens is 4. The van der Waals surface area contributed by atoms with Crippen LogP contribution in [0.1, 0.15) is 108 Å². The number of methoxy groups -OCH3 is 1. The Labute approximate surface area is 334 Å². The van der Waals surface area contributed by atoms with Crippen molar-refractivity contribution in [2.45, 2.75) is 161 Å². The Hall–Kier alpha value is -2.47. The number of carbonyl (C=O) groups excluding carboxylic acids is 2. The van der Waals surface area contributed by atoms with Crippen molar-refractivity contribution in [3.05, 3.63) is 11.5 Å². The quantitative estimate of drug-likeness (QED) is 0.0959. The van der Waals surface area contributed by atoms with Gasteiger partial charge in [-0.3, -0.25) is 9.46 Å². The van der Waals surface area contributed by atoms with Crippen LogP contribution in [-0.4, -0.2) is 118 Å². The van der Waals surface area contributed by atoms with E-state index in [-0.39, 0.29) is 50.0 Å². The predicted molar refractivity (Wildman–Crippen MR) is 206 cm³/mol. The molecule has 17 nitrogen and oxygen atoms in total. The Morgan fingerprint density at radius 2 is 1.64 bits per heavy atom. The molecular formula is C37H59ClN5O12P. The minimum atomic E-state index is -3.74. The average molecular weight is 832 g/mol. The maximum atomic E-state index is 13.9. The van der Waals surface area contributed by atoms with Gasteiger partial charge in [-0.25, -0.2) is 14.3 Å². The molecule has 4 heterocycles. The summed E-state index contributed by atoms with van der Waals surface area (Å²) in [6.45, 7) is 17.8. The number of halogens is 1. The predicted octanol–water partition coefficient (Wildman–Crippen LogP) is 6.98. The number of hydrogen-bond acceptors (Lipinski definition) is 15. The molecule has 0 N–H and O–H groups in total. The lowest BCUT2D eigenvalue weighted by molar-refractivity contribution is -0.207. The summed E-state index contributed by atoms with van der Waals surface area (Å²) in [6.07, 6.45) is 0.145. The van der Waals surface area contributed by atoms with E-state index in [0.29, 0.717) is 11.0 Å². The van der Waals surface area contributed by atoms with Crippen LogP contribution in [0.3, 0.4) is 0 Å². The highest BCUT2D eigenvalue weighted by molar-refractivity contribution is 7.54. The molecule has 56 heavy (non-hydrogen) atoms. The van der Waals surface area contributed by atoms with E-state index < -0.39 is 73.0 Å². The lowest BCUT2D eigenvalue weighted by Crippen LogP contribution is -2.43. The summed E-state index contributed by atoms with van der Waals surface area (Å²) in [4.78, 5) is 38.0. The van der Waals surface area contributed by atoms with Gasteiger partial charge in [0.1, 0.15) is 29.5 Å². The summed E-state index contributed by atoms with van der Waals surface area (Å²) in [7, 11) is -2.27. The molecule has 3 fully saturated rings. The second-order valence-corrected chi connectivity index (χ2v) is 19.3. The zero-order chi connectivity index (χ0) is 41.2. The van der Waals surface area contributed by atoms with E-state index in [1.165, 1.54) is 11.8 Å². The van der Waals surface area contributed by atoms with E-state index in [1.54, 1.807) is 59.6 Å². The highest BCUT2D eigenvalue weighted by atomic mass is 35.5. The van der Waals surface area contributed by atoms with E-state index in [0.717, 1.165) is 25.7 Å². The van der Waals surface area contributed by atoms with E-state index in [1.807, 2.05) is 20.8 Å². The van der Waals surface area contributed by atoms with Gasteiger partial charge in [0, 0.05) is 19.6 Å². The third-order valence-electron chi connectivity index (χ3n) is 9.32. The van der Waals surface area contributed by atoms with E-state index in [9.17, 15) is 14.2 Å². The Morgan fingerprint density at radius 1 is 1.02 bits per heavy atom. The van der Waals surface area contributed by atoms with Crippen LogP contribution in [0.4, 0.5) is 10.6 Å². The minimum absolute atomic E-state index is 0.0251. The molecule has 0 spiro atoms. The van der Waals surface area contributed by atoms with Gasteiger partial charge in [0.2, 0.25) is 5.28 Å². The maximum Gasteiger partial charge on any atom is 0.416 e. The molecule has 6 atom stereocenters. The molecule has 3 aliphatic rings. The lowest BCUT2D eigenvalue weighted by Gasteiger charge is -2.31. The van der Waals surface area contributed by atoms with Crippen molar-refractivity contribution in [2.75, 3.05) is 38.4 Å². The molecule has 19 heteroatoms. The highest BCUT2D eigenvalue weighted by Gasteiger charge is 2.57. The molecule has 0 radical (unpaired) electrons. The first-order valence-electron chi connectivity index (χ1n) is 19.4. The minimum Gasteiger partial charge on any atom is -0.458 e. The molecule has 2 unspecified atom stereocenters. The van der Waals surface area contributed by atoms with Crippen molar-refractivity contribution in [1.29, 1.82) is 0 Å². The molecule has 316 valence electrons. The highest BCUT2D eigenvalue weighted by Crippen LogP contribution is 2.55. The van der Waals surface area contributed by atoms with Gasteiger partial charge in [0.05, 0.1) is 43.7 Å². The van der Waals surface area contributed by atoms with Crippen molar-refractivity contribution in [3.8, 4) is 0 Å². The third-order valence-corrected chi connectivity index (χ3v) is 12.0. The van der Waals surface area contributed by atoms with Gasteiger partial charge in [-0.15, -0.1) is 0 Å².